The average molecular weight is 379 g/mol. The Kier molecular flexibility index (Phi) is 4.84. The number of likely N-dealkylation sites (tertiary alicyclic amines) is 1. The highest BCUT2D eigenvalue weighted by Gasteiger charge is 2.42. The molecule has 0 bridgehead atoms. The van der Waals surface area contributed by atoms with E-state index in [-0.39, 0.29) is 30.9 Å². The van der Waals surface area contributed by atoms with Crippen LogP contribution in [0.15, 0.2) is 48.5 Å². The molecule has 0 aromatic heterocycles. The molecule has 4 rings (SSSR count). The lowest BCUT2D eigenvalue weighted by Crippen LogP contribution is -2.31. The molecule has 1 fully saturated rings. The van der Waals surface area contributed by atoms with Gasteiger partial charge >= 0.3 is 12.1 Å². The Bertz CT molecular complexity index is 861. The van der Waals surface area contributed by atoms with Crippen molar-refractivity contribution >= 4 is 12.1 Å². The first kappa shape index (κ1) is 18.5. The van der Waals surface area contributed by atoms with Gasteiger partial charge in [0.15, 0.2) is 0 Å². The number of ether oxygens (including phenoxy) is 1. The summed E-state index contributed by atoms with van der Waals surface area (Å²) in [7, 11) is 0. The van der Waals surface area contributed by atoms with E-state index >= 15 is 0 Å². The van der Waals surface area contributed by atoms with Crippen molar-refractivity contribution in [1.29, 1.82) is 0 Å². The van der Waals surface area contributed by atoms with Crippen LogP contribution in [-0.2, 0) is 9.53 Å². The van der Waals surface area contributed by atoms with Crippen molar-refractivity contribution in [1.82, 2.24) is 4.90 Å². The summed E-state index contributed by atoms with van der Waals surface area (Å²) in [5.41, 5.74) is 4.71. The van der Waals surface area contributed by atoms with Crippen LogP contribution in [-0.4, -0.2) is 41.8 Å². The number of nitrogens with zero attached hydrogens (tertiary/aromatic N) is 1. The number of carbonyl (C=O) groups is 2. The van der Waals surface area contributed by atoms with Crippen LogP contribution in [0.25, 0.3) is 11.1 Å². The lowest BCUT2D eigenvalue weighted by Gasteiger charge is -2.20. The van der Waals surface area contributed by atoms with Gasteiger partial charge in [0.2, 0.25) is 0 Å². The van der Waals surface area contributed by atoms with E-state index in [0.717, 1.165) is 0 Å². The number of aliphatic carboxylic acids is 1. The van der Waals surface area contributed by atoms with Crippen molar-refractivity contribution in [2.45, 2.75) is 19.8 Å². The number of carbonyl (C=O) groups excluding carboxylic acids is 1. The molecule has 2 aromatic rings. The molecule has 28 heavy (non-hydrogen) atoms. The normalized spacial score (nSPS) is 20.9. The zero-order valence-corrected chi connectivity index (χ0v) is 16.2. The lowest BCUT2D eigenvalue weighted by atomic mass is 9.86. The SMILES string of the molecule is CC(C)[C@@H]1CN(C(=O)OCC2c3ccccc3-c3ccccc32)C[C@H]1C(=O)O. The molecule has 5 heteroatoms. The number of carboxylic acid groups (broad SMARTS) is 1. The van der Waals surface area contributed by atoms with Gasteiger partial charge in [-0.25, -0.2) is 4.79 Å². The molecule has 0 unspecified atom stereocenters. The van der Waals surface area contributed by atoms with Gasteiger partial charge in [-0.05, 0) is 34.1 Å². The fraction of sp³-hybridized carbons (Fsp3) is 0.391. The van der Waals surface area contributed by atoms with Crippen LogP contribution < -0.4 is 0 Å². The summed E-state index contributed by atoms with van der Waals surface area (Å²) in [6, 6.07) is 16.4. The van der Waals surface area contributed by atoms with Crippen LogP contribution in [0.1, 0.15) is 30.9 Å². The molecule has 2 aliphatic rings. The maximum Gasteiger partial charge on any atom is 0.409 e. The van der Waals surface area contributed by atoms with Gasteiger partial charge in [-0.3, -0.25) is 4.79 Å². The summed E-state index contributed by atoms with van der Waals surface area (Å²) in [5, 5.41) is 9.47. The van der Waals surface area contributed by atoms with E-state index in [1.807, 2.05) is 38.1 Å². The minimum atomic E-state index is -0.840. The van der Waals surface area contributed by atoms with E-state index in [2.05, 4.69) is 24.3 Å². The van der Waals surface area contributed by atoms with Crippen molar-refractivity contribution in [3.63, 3.8) is 0 Å². The fourth-order valence-corrected chi connectivity index (χ4v) is 4.60. The highest BCUT2D eigenvalue weighted by Crippen LogP contribution is 2.44. The number of benzene rings is 2. The largest absolute Gasteiger partial charge is 0.481 e. The summed E-state index contributed by atoms with van der Waals surface area (Å²) in [6.07, 6.45) is -0.420. The minimum absolute atomic E-state index is 0.00937. The Balaban J connectivity index is 1.48. The molecule has 0 spiro atoms. The molecule has 146 valence electrons. The Morgan fingerprint density at radius 3 is 2.11 bits per heavy atom. The average Bonchev–Trinajstić information content (AvgIpc) is 3.27. The van der Waals surface area contributed by atoms with Gasteiger partial charge < -0.3 is 14.7 Å². The summed E-state index contributed by atoms with van der Waals surface area (Å²) in [4.78, 5) is 25.8. The lowest BCUT2D eigenvalue weighted by molar-refractivity contribution is -0.142. The van der Waals surface area contributed by atoms with Gasteiger partial charge in [0.05, 0.1) is 5.92 Å². The number of rotatable bonds is 4. The highest BCUT2D eigenvalue weighted by atomic mass is 16.6. The van der Waals surface area contributed by atoms with Crippen molar-refractivity contribution in [2.24, 2.45) is 17.8 Å². The third kappa shape index (κ3) is 3.15. The molecule has 1 N–H and O–H groups in total. The Hall–Kier alpha value is -2.82. The second-order valence-corrected chi connectivity index (χ2v) is 8.06. The monoisotopic (exact) mass is 379 g/mol. The van der Waals surface area contributed by atoms with Crippen LogP contribution in [0.4, 0.5) is 4.79 Å². The van der Waals surface area contributed by atoms with Crippen LogP contribution in [0.3, 0.4) is 0 Å². The molecule has 1 heterocycles. The zero-order chi connectivity index (χ0) is 19.8. The molecule has 1 amide bonds. The summed E-state index contributed by atoms with van der Waals surface area (Å²) in [6.45, 7) is 4.91. The van der Waals surface area contributed by atoms with Crippen LogP contribution in [0, 0.1) is 17.8 Å². The van der Waals surface area contributed by atoms with E-state index in [1.54, 1.807) is 4.90 Å². The van der Waals surface area contributed by atoms with Crippen molar-refractivity contribution in [2.75, 3.05) is 19.7 Å². The van der Waals surface area contributed by atoms with Crippen LogP contribution in [0.5, 0.6) is 0 Å². The quantitative estimate of drug-likeness (QED) is 0.864. The first-order valence-electron chi connectivity index (χ1n) is 9.80. The molecular weight excluding hydrogens is 354 g/mol. The predicted molar refractivity (Wildman–Crippen MR) is 106 cm³/mol. The number of hydrogen-bond acceptors (Lipinski definition) is 3. The second kappa shape index (κ2) is 7.30. The van der Waals surface area contributed by atoms with Crippen molar-refractivity contribution in [3.8, 4) is 11.1 Å². The molecular formula is C23H25NO4. The molecule has 2 aromatic carbocycles. The van der Waals surface area contributed by atoms with Crippen LogP contribution in [0.2, 0.25) is 0 Å². The predicted octanol–water partition coefficient (Wildman–Crippen LogP) is 4.22. The first-order chi connectivity index (χ1) is 13.5. The Morgan fingerprint density at radius 2 is 1.61 bits per heavy atom. The standard InChI is InChI=1S/C23H25NO4/c1-14(2)19-11-24(12-20(19)22(25)26)23(27)28-13-21-17-9-5-3-7-15(17)16-8-4-6-10-18(16)21/h3-10,14,19-21H,11-13H2,1-2H3,(H,25,26)/t19-,20+/m0/s1. The number of hydrogen-bond donors (Lipinski definition) is 1. The third-order valence-electron chi connectivity index (χ3n) is 6.13. The third-order valence-corrected chi connectivity index (χ3v) is 6.13. The molecule has 0 saturated carbocycles. The zero-order valence-electron chi connectivity index (χ0n) is 16.2. The van der Waals surface area contributed by atoms with E-state index < -0.39 is 18.0 Å². The van der Waals surface area contributed by atoms with Crippen LogP contribution >= 0.6 is 0 Å². The Labute approximate surface area is 164 Å². The number of carboxylic acids is 1. The van der Waals surface area contributed by atoms with E-state index in [1.165, 1.54) is 22.3 Å². The smallest absolute Gasteiger partial charge is 0.409 e. The summed E-state index contributed by atoms with van der Waals surface area (Å²) in [5.74, 6) is -1.20. The van der Waals surface area contributed by atoms with E-state index in [4.69, 9.17) is 4.74 Å². The van der Waals surface area contributed by atoms with Gasteiger partial charge in [-0.1, -0.05) is 62.4 Å². The highest BCUT2D eigenvalue weighted by molar-refractivity contribution is 5.79. The van der Waals surface area contributed by atoms with Gasteiger partial charge in [-0.2, -0.15) is 0 Å². The van der Waals surface area contributed by atoms with Gasteiger partial charge in [-0.15, -0.1) is 0 Å². The van der Waals surface area contributed by atoms with Gasteiger partial charge in [0.25, 0.3) is 0 Å². The maximum atomic E-state index is 12.7. The minimum Gasteiger partial charge on any atom is -0.481 e. The molecule has 5 nitrogen and oxygen atoms in total. The molecule has 1 aliphatic heterocycles. The van der Waals surface area contributed by atoms with Gasteiger partial charge in [0, 0.05) is 19.0 Å². The Morgan fingerprint density at radius 1 is 1.04 bits per heavy atom. The molecule has 0 radical (unpaired) electrons. The van der Waals surface area contributed by atoms with Gasteiger partial charge in [0.1, 0.15) is 6.61 Å². The number of fused-ring (bicyclic) bond motifs is 3. The number of amides is 1. The topological polar surface area (TPSA) is 66.8 Å². The molecule has 1 saturated heterocycles. The summed E-state index contributed by atoms with van der Waals surface area (Å²) < 4.78 is 5.67. The van der Waals surface area contributed by atoms with Crippen molar-refractivity contribution < 1.29 is 19.4 Å². The van der Waals surface area contributed by atoms with E-state index in [0.29, 0.717) is 6.54 Å². The molecule has 2 atom stereocenters. The molecule has 1 aliphatic carbocycles. The maximum absolute atomic E-state index is 12.7. The summed E-state index contributed by atoms with van der Waals surface area (Å²) >= 11 is 0. The first-order valence-corrected chi connectivity index (χ1v) is 9.80. The second-order valence-electron chi connectivity index (χ2n) is 8.06. The van der Waals surface area contributed by atoms with E-state index in [9.17, 15) is 14.7 Å². The fourth-order valence-electron chi connectivity index (χ4n) is 4.60. The van der Waals surface area contributed by atoms with Crippen molar-refractivity contribution in [3.05, 3.63) is 59.7 Å².